The summed E-state index contributed by atoms with van der Waals surface area (Å²) >= 11 is 3.51. The molecule has 102 valence electrons. The van der Waals surface area contributed by atoms with Crippen LogP contribution in [0.5, 0.6) is 0 Å². The summed E-state index contributed by atoms with van der Waals surface area (Å²) in [6.45, 7) is 11.3. The molecular formula is C16H26BrN. The lowest BCUT2D eigenvalue weighted by Gasteiger charge is -2.26. The van der Waals surface area contributed by atoms with Crippen LogP contribution < -0.4 is 0 Å². The van der Waals surface area contributed by atoms with Gasteiger partial charge < -0.3 is 0 Å². The molecule has 0 unspecified atom stereocenters. The van der Waals surface area contributed by atoms with Crippen LogP contribution in [-0.4, -0.2) is 22.8 Å². The third-order valence-electron chi connectivity index (χ3n) is 3.34. The Hall–Kier alpha value is -0.340. The van der Waals surface area contributed by atoms with Gasteiger partial charge in [0.1, 0.15) is 0 Å². The molecule has 0 aliphatic rings. The molecule has 0 heterocycles. The number of nitrogens with zero attached hydrogens (tertiary/aromatic N) is 1. The molecule has 0 radical (unpaired) electrons. The number of halogens is 1. The lowest BCUT2D eigenvalue weighted by molar-refractivity contribution is 0.214. The lowest BCUT2D eigenvalue weighted by Crippen LogP contribution is -2.31. The van der Waals surface area contributed by atoms with Crippen LogP contribution in [0.4, 0.5) is 0 Å². The van der Waals surface area contributed by atoms with E-state index in [0.29, 0.717) is 12.0 Å². The van der Waals surface area contributed by atoms with E-state index in [-0.39, 0.29) is 0 Å². The van der Waals surface area contributed by atoms with Crippen LogP contribution in [0.1, 0.15) is 51.2 Å². The summed E-state index contributed by atoms with van der Waals surface area (Å²) in [4.78, 5) is 2.53. The van der Waals surface area contributed by atoms with E-state index in [0.717, 1.165) is 18.4 Å². The third kappa shape index (κ3) is 5.11. The van der Waals surface area contributed by atoms with E-state index in [1.165, 1.54) is 17.5 Å². The molecule has 1 aromatic rings. The average Bonchev–Trinajstić information content (AvgIpc) is 2.34. The van der Waals surface area contributed by atoms with Gasteiger partial charge >= 0.3 is 0 Å². The zero-order valence-corrected chi connectivity index (χ0v) is 13.7. The minimum absolute atomic E-state index is 0.605. The van der Waals surface area contributed by atoms with Crippen molar-refractivity contribution < 1.29 is 0 Å². The largest absolute Gasteiger partial charge is 0.297 e. The second kappa shape index (κ2) is 7.96. The van der Waals surface area contributed by atoms with Crippen LogP contribution >= 0.6 is 15.9 Å². The van der Waals surface area contributed by atoms with E-state index in [4.69, 9.17) is 0 Å². The van der Waals surface area contributed by atoms with Gasteiger partial charge in [-0.1, -0.05) is 54.0 Å². The maximum absolute atomic E-state index is 3.51. The van der Waals surface area contributed by atoms with Crippen molar-refractivity contribution in [3.63, 3.8) is 0 Å². The smallest absolute Gasteiger partial charge is 0.0236 e. The maximum atomic E-state index is 3.51. The van der Waals surface area contributed by atoms with Crippen molar-refractivity contribution in [3.05, 3.63) is 35.4 Å². The summed E-state index contributed by atoms with van der Waals surface area (Å²) in [6.07, 6.45) is 1.21. The number of hydrogen-bond acceptors (Lipinski definition) is 1. The number of alkyl halides is 1. The van der Waals surface area contributed by atoms with Gasteiger partial charge in [-0.15, -0.1) is 0 Å². The summed E-state index contributed by atoms with van der Waals surface area (Å²) in [7, 11) is 0. The normalized spacial score (nSPS) is 11.8. The molecule has 0 saturated carbocycles. The molecule has 0 aromatic heterocycles. The van der Waals surface area contributed by atoms with Crippen LogP contribution in [0.25, 0.3) is 0 Å². The fraction of sp³-hybridized carbons (Fsp3) is 0.625. The van der Waals surface area contributed by atoms with E-state index in [1.54, 1.807) is 0 Å². The lowest BCUT2D eigenvalue weighted by atomic mass is 10.0. The quantitative estimate of drug-likeness (QED) is 0.653. The highest BCUT2D eigenvalue weighted by Crippen LogP contribution is 2.16. The summed E-state index contributed by atoms with van der Waals surface area (Å²) in [5, 5.41) is 1.09. The monoisotopic (exact) mass is 311 g/mol. The van der Waals surface area contributed by atoms with Gasteiger partial charge in [-0.2, -0.15) is 0 Å². The molecular weight excluding hydrogens is 286 g/mol. The van der Waals surface area contributed by atoms with Crippen molar-refractivity contribution in [2.45, 2.75) is 52.6 Å². The topological polar surface area (TPSA) is 3.24 Å². The summed E-state index contributed by atoms with van der Waals surface area (Å²) < 4.78 is 0. The molecule has 0 aliphatic heterocycles. The first-order chi connectivity index (χ1) is 8.54. The predicted octanol–water partition coefficient (Wildman–Crippen LogP) is 4.81. The number of rotatable bonds is 7. The number of hydrogen-bond donors (Lipinski definition) is 0. The molecule has 0 aliphatic carbocycles. The fourth-order valence-electron chi connectivity index (χ4n) is 2.03. The van der Waals surface area contributed by atoms with Crippen LogP contribution in [0, 0.1) is 0 Å². The fourth-order valence-corrected chi connectivity index (χ4v) is 2.28. The molecule has 0 amide bonds. The first kappa shape index (κ1) is 15.7. The van der Waals surface area contributed by atoms with E-state index >= 15 is 0 Å². The maximum Gasteiger partial charge on any atom is 0.0236 e. The second-order valence-electron chi connectivity index (χ2n) is 5.50. The summed E-state index contributed by atoms with van der Waals surface area (Å²) in [5.74, 6) is 0.619. The van der Waals surface area contributed by atoms with Gasteiger partial charge in [0.2, 0.25) is 0 Å². The predicted molar refractivity (Wildman–Crippen MR) is 84.5 cm³/mol. The first-order valence-corrected chi connectivity index (χ1v) is 8.05. The van der Waals surface area contributed by atoms with Gasteiger partial charge in [0.05, 0.1) is 0 Å². The van der Waals surface area contributed by atoms with Crippen molar-refractivity contribution >= 4 is 15.9 Å². The Morgan fingerprint density at radius 2 is 1.67 bits per heavy atom. The Labute approximate surface area is 121 Å². The van der Waals surface area contributed by atoms with E-state index < -0.39 is 0 Å². The highest BCUT2D eigenvalue weighted by atomic mass is 79.9. The second-order valence-corrected chi connectivity index (χ2v) is 6.30. The van der Waals surface area contributed by atoms with E-state index in [2.05, 4.69) is 72.8 Å². The first-order valence-electron chi connectivity index (χ1n) is 6.93. The van der Waals surface area contributed by atoms with E-state index in [9.17, 15) is 0 Å². The van der Waals surface area contributed by atoms with Crippen LogP contribution in [0.15, 0.2) is 24.3 Å². The Balaban J connectivity index is 2.63. The molecule has 1 nitrogen and oxygen atoms in total. The highest BCUT2D eigenvalue weighted by Gasteiger charge is 2.09. The molecule has 1 rings (SSSR count). The van der Waals surface area contributed by atoms with Crippen LogP contribution in [0.3, 0.4) is 0 Å². The van der Waals surface area contributed by atoms with E-state index in [1.807, 2.05) is 0 Å². The van der Waals surface area contributed by atoms with Crippen LogP contribution in [-0.2, 0) is 6.54 Å². The molecule has 2 heteroatoms. The zero-order valence-electron chi connectivity index (χ0n) is 12.1. The minimum Gasteiger partial charge on any atom is -0.297 e. The standard InChI is InChI=1S/C16H26BrN/c1-13(2)16-8-6-15(7-9-16)12-18(14(3)4)11-5-10-17/h6-9,13-14H,5,10-12H2,1-4H3. The summed E-state index contributed by atoms with van der Waals surface area (Å²) in [6, 6.07) is 9.69. The SMILES string of the molecule is CC(C)c1ccc(CN(CCCBr)C(C)C)cc1. The van der Waals surface area contributed by atoms with Gasteiger partial charge in [-0.3, -0.25) is 4.90 Å². The molecule has 1 aromatic carbocycles. The van der Waals surface area contributed by atoms with Gasteiger partial charge in [-0.25, -0.2) is 0 Å². The van der Waals surface area contributed by atoms with Crippen molar-refractivity contribution in [3.8, 4) is 0 Å². The Bertz CT molecular complexity index is 329. The number of benzene rings is 1. The Kier molecular flexibility index (Phi) is 6.95. The molecule has 0 bridgehead atoms. The molecule has 0 atom stereocenters. The molecule has 18 heavy (non-hydrogen) atoms. The average molecular weight is 312 g/mol. The minimum atomic E-state index is 0.605. The summed E-state index contributed by atoms with van der Waals surface area (Å²) in [5.41, 5.74) is 2.85. The van der Waals surface area contributed by atoms with Crippen molar-refractivity contribution in [1.82, 2.24) is 4.90 Å². The molecule has 0 saturated heterocycles. The van der Waals surface area contributed by atoms with Crippen molar-refractivity contribution in [2.75, 3.05) is 11.9 Å². The van der Waals surface area contributed by atoms with Gasteiger partial charge in [-0.05, 0) is 43.9 Å². The molecule has 0 fully saturated rings. The van der Waals surface area contributed by atoms with Gasteiger partial charge in [0, 0.05) is 17.9 Å². The van der Waals surface area contributed by atoms with Gasteiger partial charge in [0.15, 0.2) is 0 Å². The zero-order chi connectivity index (χ0) is 13.5. The Morgan fingerprint density at radius 1 is 1.06 bits per heavy atom. The molecule has 0 N–H and O–H groups in total. The van der Waals surface area contributed by atoms with Crippen LogP contribution in [0.2, 0.25) is 0 Å². The van der Waals surface area contributed by atoms with Gasteiger partial charge in [0.25, 0.3) is 0 Å². The third-order valence-corrected chi connectivity index (χ3v) is 3.90. The van der Waals surface area contributed by atoms with Crippen molar-refractivity contribution in [2.24, 2.45) is 0 Å². The Morgan fingerprint density at radius 3 is 2.11 bits per heavy atom. The van der Waals surface area contributed by atoms with Crippen molar-refractivity contribution in [1.29, 1.82) is 0 Å². The molecule has 0 spiro atoms. The highest BCUT2D eigenvalue weighted by molar-refractivity contribution is 9.09.